The SMILES string of the molecule is CCn1cc(Br)cc1C(=O)N1CCCCC1C(=O)O. The zero-order valence-electron chi connectivity index (χ0n) is 10.8. The Morgan fingerprint density at radius 3 is 2.84 bits per heavy atom. The fourth-order valence-corrected chi connectivity index (χ4v) is 2.96. The molecule has 1 aromatic rings. The maximum absolute atomic E-state index is 12.5. The molecule has 0 bridgehead atoms. The Morgan fingerprint density at radius 1 is 1.47 bits per heavy atom. The van der Waals surface area contributed by atoms with Crippen LogP contribution in [0.1, 0.15) is 36.7 Å². The topological polar surface area (TPSA) is 62.5 Å². The molecule has 2 rings (SSSR count). The Balaban J connectivity index is 2.28. The average Bonchev–Trinajstić information content (AvgIpc) is 2.79. The largest absolute Gasteiger partial charge is 0.480 e. The van der Waals surface area contributed by atoms with Crippen LogP contribution in [0, 0.1) is 0 Å². The van der Waals surface area contributed by atoms with Crippen LogP contribution in [0.4, 0.5) is 0 Å². The lowest BCUT2D eigenvalue weighted by atomic mass is 10.0. The zero-order valence-corrected chi connectivity index (χ0v) is 12.4. The summed E-state index contributed by atoms with van der Waals surface area (Å²) >= 11 is 3.35. The van der Waals surface area contributed by atoms with Gasteiger partial charge in [0.05, 0.1) is 0 Å². The number of carbonyl (C=O) groups is 2. The lowest BCUT2D eigenvalue weighted by molar-refractivity contribution is -0.143. The van der Waals surface area contributed by atoms with Crippen LogP contribution in [0.3, 0.4) is 0 Å². The summed E-state index contributed by atoms with van der Waals surface area (Å²) in [4.78, 5) is 25.3. The molecule has 0 spiro atoms. The van der Waals surface area contributed by atoms with Crippen molar-refractivity contribution in [1.29, 1.82) is 0 Å². The van der Waals surface area contributed by atoms with Crippen molar-refractivity contribution in [3.63, 3.8) is 0 Å². The summed E-state index contributed by atoms with van der Waals surface area (Å²) in [5.74, 6) is -1.11. The highest BCUT2D eigenvalue weighted by atomic mass is 79.9. The van der Waals surface area contributed by atoms with Crippen molar-refractivity contribution in [2.45, 2.75) is 38.8 Å². The lowest BCUT2D eigenvalue weighted by Crippen LogP contribution is -2.48. The number of amides is 1. The van der Waals surface area contributed by atoms with E-state index < -0.39 is 12.0 Å². The number of aliphatic carboxylic acids is 1. The molecule has 1 saturated heterocycles. The summed E-state index contributed by atoms with van der Waals surface area (Å²) in [5, 5.41) is 9.23. The van der Waals surface area contributed by atoms with Gasteiger partial charge in [-0.25, -0.2) is 4.79 Å². The first-order valence-electron chi connectivity index (χ1n) is 6.44. The van der Waals surface area contributed by atoms with E-state index in [0.29, 0.717) is 25.2 Å². The van der Waals surface area contributed by atoms with E-state index in [1.807, 2.05) is 17.7 Å². The van der Waals surface area contributed by atoms with Crippen molar-refractivity contribution in [2.24, 2.45) is 0 Å². The number of hydrogen-bond acceptors (Lipinski definition) is 2. The van der Waals surface area contributed by atoms with Gasteiger partial charge in [0.2, 0.25) is 0 Å². The Hall–Kier alpha value is -1.30. The highest BCUT2D eigenvalue weighted by molar-refractivity contribution is 9.10. The van der Waals surface area contributed by atoms with E-state index in [1.165, 1.54) is 4.90 Å². The van der Waals surface area contributed by atoms with E-state index in [1.54, 1.807) is 6.07 Å². The number of rotatable bonds is 3. The van der Waals surface area contributed by atoms with Gasteiger partial charge < -0.3 is 14.6 Å². The summed E-state index contributed by atoms with van der Waals surface area (Å²) in [6, 6.07) is 1.06. The van der Waals surface area contributed by atoms with Gasteiger partial charge in [-0.15, -0.1) is 0 Å². The second-order valence-electron chi connectivity index (χ2n) is 4.68. The second-order valence-corrected chi connectivity index (χ2v) is 5.59. The first-order valence-corrected chi connectivity index (χ1v) is 7.23. The van der Waals surface area contributed by atoms with Gasteiger partial charge in [-0.05, 0) is 48.2 Å². The lowest BCUT2D eigenvalue weighted by Gasteiger charge is -2.33. The maximum Gasteiger partial charge on any atom is 0.326 e. The van der Waals surface area contributed by atoms with Crippen LogP contribution in [0.15, 0.2) is 16.7 Å². The molecule has 0 radical (unpaired) electrons. The third-order valence-electron chi connectivity index (χ3n) is 3.47. The number of carbonyl (C=O) groups excluding carboxylic acids is 1. The molecule has 104 valence electrons. The van der Waals surface area contributed by atoms with Gasteiger partial charge in [0.1, 0.15) is 11.7 Å². The average molecular weight is 329 g/mol. The number of aryl methyl sites for hydroxylation is 1. The highest BCUT2D eigenvalue weighted by Gasteiger charge is 2.33. The van der Waals surface area contributed by atoms with Crippen molar-refractivity contribution < 1.29 is 14.7 Å². The molecule has 6 heteroatoms. The number of piperidine rings is 1. The van der Waals surface area contributed by atoms with E-state index >= 15 is 0 Å². The summed E-state index contributed by atoms with van der Waals surface area (Å²) in [6.45, 7) is 3.15. The Kier molecular flexibility index (Phi) is 4.29. The third-order valence-corrected chi connectivity index (χ3v) is 3.91. The predicted molar refractivity (Wildman–Crippen MR) is 74.1 cm³/mol. The smallest absolute Gasteiger partial charge is 0.326 e. The first-order chi connectivity index (χ1) is 9.04. The maximum atomic E-state index is 12.5. The van der Waals surface area contributed by atoms with Gasteiger partial charge in [0.15, 0.2) is 0 Å². The Labute approximate surface area is 120 Å². The molecule has 1 atom stereocenters. The van der Waals surface area contributed by atoms with E-state index in [2.05, 4.69) is 15.9 Å². The van der Waals surface area contributed by atoms with Crippen LogP contribution in [0.5, 0.6) is 0 Å². The molecule has 1 N–H and O–H groups in total. The molecular formula is C13H17BrN2O3. The molecule has 1 fully saturated rings. The zero-order chi connectivity index (χ0) is 14.0. The number of hydrogen-bond donors (Lipinski definition) is 1. The van der Waals surface area contributed by atoms with Gasteiger partial charge in [-0.3, -0.25) is 4.79 Å². The molecule has 5 nitrogen and oxygen atoms in total. The second kappa shape index (κ2) is 5.77. The molecule has 1 aliphatic rings. The number of carboxylic acid groups (broad SMARTS) is 1. The molecule has 2 heterocycles. The summed E-state index contributed by atoms with van der Waals surface area (Å²) in [5.41, 5.74) is 0.544. The highest BCUT2D eigenvalue weighted by Crippen LogP contribution is 2.22. The van der Waals surface area contributed by atoms with Gasteiger partial charge in [0.25, 0.3) is 5.91 Å². The Morgan fingerprint density at radius 2 is 2.21 bits per heavy atom. The number of nitrogens with zero attached hydrogens (tertiary/aromatic N) is 2. The summed E-state index contributed by atoms with van der Waals surface area (Å²) < 4.78 is 2.67. The van der Waals surface area contributed by atoms with Gasteiger partial charge in [-0.2, -0.15) is 0 Å². The number of likely N-dealkylation sites (tertiary alicyclic amines) is 1. The number of aromatic nitrogens is 1. The van der Waals surface area contributed by atoms with Gasteiger partial charge in [0, 0.05) is 23.8 Å². The minimum atomic E-state index is -0.915. The normalized spacial score (nSPS) is 19.5. The molecule has 1 aromatic heterocycles. The van der Waals surface area contributed by atoms with Crippen LogP contribution < -0.4 is 0 Å². The minimum Gasteiger partial charge on any atom is -0.480 e. The Bertz CT molecular complexity index is 498. The van der Waals surface area contributed by atoms with Crippen molar-refractivity contribution >= 4 is 27.8 Å². The molecule has 19 heavy (non-hydrogen) atoms. The fraction of sp³-hybridized carbons (Fsp3) is 0.538. The van der Waals surface area contributed by atoms with Crippen molar-refractivity contribution in [1.82, 2.24) is 9.47 Å². The number of carboxylic acids is 1. The van der Waals surface area contributed by atoms with E-state index in [-0.39, 0.29) is 5.91 Å². The number of halogens is 1. The minimum absolute atomic E-state index is 0.195. The molecule has 0 saturated carbocycles. The van der Waals surface area contributed by atoms with Crippen LogP contribution in [0.25, 0.3) is 0 Å². The van der Waals surface area contributed by atoms with E-state index in [9.17, 15) is 14.7 Å². The van der Waals surface area contributed by atoms with Crippen molar-refractivity contribution in [3.8, 4) is 0 Å². The van der Waals surface area contributed by atoms with Crippen molar-refractivity contribution in [3.05, 3.63) is 22.4 Å². The van der Waals surface area contributed by atoms with Gasteiger partial charge in [-0.1, -0.05) is 0 Å². The molecule has 0 aromatic carbocycles. The predicted octanol–water partition coefficient (Wildman–Crippen LogP) is 2.35. The van der Waals surface area contributed by atoms with Crippen LogP contribution in [-0.2, 0) is 11.3 Å². The van der Waals surface area contributed by atoms with Crippen LogP contribution >= 0.6 is 15.9 Å². The first kappa shape index (κ1) is 14.1. The summed E-state index contributed by atoms with van der Waals surface area (Å²) in [7, 11) is 0. The molecule has 1 aliphatic heterocycles. The van der Waals surface area contributed by atoms with Crippen LogP contribution in [-0.4, -0.2) is 39.0 Å². The summed E-state index contributed by atoms with van der Waals surface area (Å²) in [6.07, 6.45) is 4.10. The third kappa shape index (κ3) is 2.83. The molecule has 1 unspecified atom stereocenters. The van der Waals surface area contributed by atoms with Crippen molar-refractivity contribution in [2.75, 3.05) is 6.54 Å². The van der Waals surface area contributed by atoms with Crippen LogP contribution in [0.2, 0.25) is 0 Å². The molecule has 1 amide bonds. The monoisotopic (exact) mass is 328 g/mol. The molecular weight excluding hydrogens is 312 g/mol. The van der Waals surface area contributed by atoms with Gasteiger partial charge >= 0.3 is 5.97 Å². The standard InChI is InChI=1S/C13H17BrN2O3/c1-2-15-8-9(14)7-11(15)12(17)16-6-4-3-5-10(16)13(18)19/h7-8,10H,2-6H2,1H3,(H,18,19). The molecule has 0 aliphatic carbocycles. The quantitative estimate of drug-likeness (QED) is 0.926. The van der Waals surface area contributed by atoms with E-state index in [0.717, 1.165) is 17.3 Å². The van der Waals surface area contributed by atoms with E-state index in [4.69, 9.17) is 0 Å². The fourth-order valence-electron chi connectivity index (χ4n) is 2.49.